The molecule has 3 rings (SSSR count). The van der Waals surface area contributed by atoms with Gasteiger partial charge in [-0.15, -0.1) is 0 Å². The van der Waals surface area contributed by atoms with Gasteiger partial charge in [-0.25, -0.2) is 4.79 Å². The average Bonchev–Trinajstić information content (AvgIpc) is 3.08. The van der Waals surface area contributed by atoms with Gasteiger partial charge in [0.15, 0.2) is 2.82 Å². The number of alkyl carbamates (subject to hydrolysis) is 1. The van der Waals surface area contributed by atoms with Gasteiger partial charge in [-0.05, 0) is 50.0 Å². The SMILES string of the molecule is [2H]c1c(C[C@@H]2N([2H])C(=O)OC2([2H])[2H])c([2H])c2c(CCN(C([2H])([2H])[2H])C([2H])([2H])[2H])cn([2H])c2c1[2H]. The van der Waals surface area contributed by atoms with E-state index in [1.54, 1.807) is 0 Å². The molecule has 5 heteroatoms. The van der Waals surface area contributed by atoms with Gasteiger partial charge >= 0.3 is 6.09 Å². The third-order valence-corrected chi connectivity index (χ3v) is 3.06. The van der Waals surface area contributed by atoms with Crippen LogP contribution in [-0.2, 0) is 17.6 Å². The molecule has 1 aliphatic heterocycles. The number of amides is 1. The minimum Gasteiger partial charge on any atom is -0.447 e. The predicted octanol–water partition coefficient (Wildman–Crippen LogP) is 1.92. The van der Waals surface area contributed by atoms with E-state index >= 15 is 0 Å². The lowest BCUT2D eigenvalue weighted by molar-refractivity contribution is 0.177. The number of carbonyl (C=O) groups is 1. The van der Waals surface area contributed by atoms with Gasteiger partial charge in [-0.2, -0.15) is 0 Å². The van der Waals surface area contributed by atoms with E-state index in [1.165, 1.54) is 6.20 Å². The van der Waals surface area contributed by atoms with Crippen LogP contribution in [-0.4, -0.2) is 49.1 Å². The van der Waals surface area contributed by atoms with E-state index in [2.05, 4.69) is 4.74 Å². The van der Waals surface area contributed by atoms with Gasteiger partial charge in [0.25, 0.3) is 0 Å². The van der Waals surface area contributed by atoms with Crippen molar-refractivity contribution >= 4 is 17.0 Å². The second-order valence-corrected chi connectivity index (χ2v) is 4.60. The molecule has 1 saturated heterocycles. The van der Waals surface area contributed by atoms with E-state index in [9.17, 15) is 4.79 Å². The summed E-state index contributed by atoms with van der Waals surface area (Å²) in [6.45, 7) is -8.94. The maximum atomic E-state index is 11.6. The molecule has 2 N–H and O–H groups in total. The largest absolute Gasteiger partial charge is 0.447 e. The highest BCUT2D eigenvalue weighted by Crippen LogP contribution is 2.21. The minimum atomic E-state index is -2.94. The Bertz CT molecular complexity index is 1110. The monoisotopic (exact) mass is 300 g/mol. The summed E-state index contributed by atoms with van der Waals surface area (Å²) in [5, 5.41) is 0.262. The summed E-state index contributed by atoms with van der Waals surface area (Å²) in [4.78, 5) is 12.7. The highest BCUT2D eigenvalue weighted by atomic mass is 16.6. The second kappa shape index (κ2) is 5.77. The van der Waals surface area contributed by atoms with Crippen LogP contribution in [0, 0.1) is 0 Å². The number of H-pyrrole nitrogens is 1. The van der Waals surface area contributed by atoms with Crippen LogP contribution in [0.1, 0.15) is 26.2 Å². The zero-order valence-electron chi connectivity index (χ0n) is 23.9. The number of fused-ring (bicyclic) bond motifs is 1. The lowest BCUT2D eigenvalue weighted by atomic mass is 10.0. The van der Waals surface area contributed by atoms with Gasteiger partial charge in [0.1, 0.15) is 6.56 Å². The number of cyclic esters (lactones) is 1. The number of hydrogen-bond donors (Lipinski definition) is 2. The van der Waals surface area contributed by atoms with Crippen LogP contribution in [0.25, 0.3) is 10.9 Å². The summed E-state index contributed by atoms with van der Waals surface area (Å²) in [5.41, 5.74) is -0.113. The van der Waals surface area contributed by atoms with Crippen LogP contribution >= 0.6 is 0 Å². The Morgan fingerprint density at radius 3 is 3.29 bits per heavy atom. The van der Waals surface area contributed by atoms with Crippen LogP contribution in [0.15, 0.2) is 24.3 Å². The summed E-state index contributed by atoms with van der Waals surface area (Å²) in [5.74, 6) is 0. The van der Waals surface area contributed by atoms with Crippen molar-refractivity contribution < 1.29 is 27.4 Å². The number of rotatable bonds is 5. The van der Waals surface area contributed by atoms with E-state index in [0.717, 1.165) is 4.98 Å². The molecule has 112 valence electrons. The Morgan fingerprint density at radius 1 is 1.62 bits per heavy atom. The van der Waals surface area contributed by atoms with Crippen molar-refractivity contribution in [2.75, 3.05) is 27.1 Å². The molecule has 2 heterocycles. The molecule has 0 aliphatic carbocycles. The molecule has 0 spiro atoms. The topological polar surface area (TPSA) is 57.4 Å². The molecule has 1 fully saturated rings. The van der Waals surface area contributed by atoms with Gasteiger partial charge in [0, 0.05) is 31.9 Å². The van der Waals surface area contributed by atoms with Crippen molar-refractivity contribution in [1.29, 1.82) is 0 Å². The number of likely N-dealkylation sites (N-methyl/N-ethyl adjacent to an activating group) is 1. The molecule has 1 amide bonds. The Hall–Kier alpha value is -2.01. The van der Waals surface area contributed by atoms with Crippen LogP contribution in [0.5, 0.6) is 0 Å². The van der Waals surface area contributed by atoms with Crippen molar-refractivity contribution in [2.45, 2.75) is 18.9 Å². The zero-order chi connectivity index (χ0) is 26.0. The molecule has 1 aromatic heterocycles. The predicted molar refractivity (Wildman–Crippen MR) is 82.5 cm³/mol. The summed E-state index contributed by atoms with van der Waals surface area (Å²) < 4.78 is 106. The van der Waals surface area contributed by atoms with E-state index in [4.69, 9.17) is 17.9 Å². The molecule has 0 saturated carbocycles. The summed E-state index contributed by atoms with van der Waals surface area (Å²) in [6.07, 6.45) is -0.759. The lowest BCUT2D eigenvalue weighted by Gasteiger charge is -2.09. The molecule has 0 unspecified atom stereocenters. The average molecular weight is 300 g/mol. The molecule has 2 aromatic rings. The number of hydrogen-bond acceptors (Lipinski definition) is 3. The smallest absolute Gasteiger partial charge is 0.407 e. The number of benzene rings is 1. The minimum absolute atomic E-state index is 0.00404. The van der Waals surface area contributed by atoms with Crippen LogP contribution in [0.3, 0.4) is 0 Å². The number of ether oxygens (including phenoxy) is 1. The second-order valence-electron chi connectivity index (χ2n) is 4.60. The highest BCUT2D eigenvalue weighted by molar-refractivity contribution is 5.84. The van der Waals surface area contributed by atoms with Gasteiger partial charge in [-0.1, -0.05) is 6.04 Å². The molecule has 1 atom stereocenters. The van der Waals surface area contributed by atoms with E-state index < -0.39 is 57.7 Å². The highest BCUT2D eigenvalue weighted by Gasteiger charge is 2.22. The van der Waals surface area contributed by atoms with Crippen molar-refractivity contribution in [1.82, 2.24) is 15.2 Å². The van der Waals surface area contributed by atoms with Crippen molar-refractivity contribution in [3.8, 4) is 0 Å². The third-order valence-electron chi connectivity index (χ3n) is 3.06. The molecule has 1 aromatic carbocycles. The van der Waals surface area contributed by atoms with E-state index in [0.29, 0.717) is 4.90 Å². The fourth-order valence-corrected chi connectivity index (χ4v) is 2.08. The zero-order valence-corrected chi connectivity index (χ0v) is 10.9. The number of nitrogens with zero attached hydrogens (tertiary/aromatic N) is 1. The molecule has 21 heavy (non-hydrogen) atoms. The Labute approximate surface area is 142 Å². The van der Waals surface area contributed by atoms with Crippen molar-refractivity contribution in [2.24, 2.45) is 0 Å². The molecular weight excluding hydrogens is 266 g/mol. The molecule has 0 radical (unpaired) electrons. The van der Waals surface area contributed by atoms with Crippen molar-refractivity contribution in [3.63, 3.8) is 0 Å². The van der Waals surface area contributed by atoms with E-state index in [1.807, 2.05) is 0 Å². The van der Waals surface area contributed by atoms with Gasteiger partial charge < -0.3 is 19.9 Å². The van der Waals surface area contributed by atoms with Gasteiger partial charge in [-0.3, -0.25) is 0 Å². The number of aromatic nitrogens is 1. The van der Waals surface area contributed by atoms with Gasteiger partial charge in [0.05, 0.1) is 12.9 Å². The van der Waals surface area contributed by atoms with E-state index in [-0.39, 0.29) is 39.8 Å². The fourth-order valence-electron chi connectivity index (χ4n) is 2.08. The number of nitrogens with one attached hydrogen (secondary N) is 2. The first-order chi connectivity index (χ1) is 15.4. The quantitative estimate of drug-likeness (QED) is 0.887. The van der Waals surface area contributed by atoms with Crippen molar-refractivity contribution in [3.05, 3.63) is 35.5 Å². The maximum absolute atomic E-state index is 11.6. The fraction of sp³-hybridized carbons (Fsp3) is 0.438. The first kappa shape index (κ1) is 5.32. The summed E-state index contributed by atoms with van der Waals surface area (Å²) in [6, 6.07) is -2.83. The maximum Gasteiger partial charge on any atom is 0.407 e. The molecule has 5 nitrogen and oxygen atoms in total. The Morgan fingerprint density at radius 2 is 2.52 bits per heavy atom. The Balaban J connectivity index is 2.08. The molecule has 0 bridgehead atoms. The lowest BCUT2D eigenvalue weighted by Crippen LogP contribution is -2.28. The van der Waals surface area contributed by atoms with Crippen LogP contribution in [0.2, 0.25) is 2.82 Å². The number of carbonyl (C=O) groups excluding carboxylic acids is 1. The summed E-state index contributed by atoms with van der Waals surface area (Å²) in [7, 11) is 0. The normalized spacial score (nSPS) is 31.3. The molecule has 1 aliphatic rings. The van der Waals surface area contributed by atoms with Crippen LogP contribution < -0.4 is 5.31 Å². The third kappa shape index (κ3) is 3.19. The number of aromatic amines is 1. The van der Waals surface area contributed by atoms with Gasteiger partial charge in [0.2, 0.25) is 0 Å². The standard InChI is InChI=1S/C16H21N3O2/c1-19(2)6-5-12-9-17-15-4-3-11(8-14(12)15)7-13-10-21-16(20)18-13/h3-4,8-9,13,17H,5-7,10H2,1-2H3,(H,18,20)/t13-/m0/s1/i1D3,2D3,3D,4D,8D,10D2/hD2. The van der Waals surface area contributed by atoms with Crippen LogP contribution in [0.4, 0.5) is 4.79 Å². The molecular formula is C16H21N3O2. The summed E-state index contributed by atoms with van der Waals surface area (Å²) >= 11 is 0. The first-order valence-electron chi connectivity index (χ1n) is 12.7. The first-order valence-corrected chi connectivity index (χ1v) is 6.28. The Kier molecular flexibility index (Phi) is 1.46.